The number of carbonyl (C=O) groups excluding carboxylic acids is 3. The van der Waals surface area contributed by atoms with Crippen molar-refractivity contribution in [3.63, 3.8) is 0 Å². The normalized spacial score (nSPS) is 14.8. The quantitative estimate of drug-likeness (QED) is 0.230. The number of hydrogen-bond donors (Lipinski definition) is 0. The molecule has 6 nitrogen and oxygen atoms in total. The fourth-order valence-electron chi connectivity index (χ4n) is 3.97. The lowest BCUT2D eigenvalue weighted by Gasteiger charge is -2.14. The molecular formula is C28H21NO5S. The number of thioether (sulfide) groups is 1. The van der Waals surface area contributed by atoms with Gasteiger partial charge >= 0.3 is 5.97 Å². The van der Waals surface area contributed by atoms with Crippen LogP contribution in [0.3, 0.4) is 0 Å². The lowest BCUT2D eigenvalue weighted by atomic mass is 10.0. The van der Waals surface area contributed by atoms with E-state index in [1.54, 1.807) is 43.3 Å². The van der Waals surface area contributed by atoms with Gasteiger partial charge < -0.3 is 9.15 Å². The number of furan rings is 1. The molecule has 0 bridgehead atoms. The van der Waals surface area contributed by atoms with E-state index in [2.05, 4.69) is 0 Å². The van der Waals surface area contributed by atoms with Crippen molar-refractivity contribution in [2.24, 2.45) is 0 Å². The lowest BCUT2D eigenvalue weighted by molar-refractivity contribution is -0.123. The second-order valence-corrected chi connectivity index (χ2v) is 8.90. The highest BCUT2D eigenvalue weighted by molar-refractivity contribution is 8.18. The van der Waals surface area contributed by atoms with Crippen LogP contribution in [0.5, 0.6) is 0 Å². The van der Waals surface area contributed by atoms with E-state index in [9.17, 15) is 14.4 Å². The van der Waals surface area contributed by atoms with Crippen LogP contribution in [0, 0.1) is 0 Å². The average Bonchev–Trinajstić information content (AvgIpc) is 3.45. The minimum Gasteiger partial charge on any atom is -0.462 e. The number of ether oxygens (including phenoxy) is 1. The van der Waals surface area contributed by atoms with Crippen LogP contribution in [0.25, 0.3) is 28.2 Å². The van der Waals surface area contributed by atoms with Gasteiger partial charge in [-0.1, -0.05) is 54.6 Å². The van der Waals surface area contributed by atoms with Crippen LogP contribution in [0.15, 0.2) is 88.2 Å². The van der Waals surface area contributed by atoms with Gasteiger partial charge in [-0.05, 0) is 59.3 Å². The van der Waals surface area contributed by atoms with Gasteiger partial charge in [-0.15, -0.1) is 0 Å². The highest BCUT2D eigenvalue weighted by atomic mass is 32.2. The van der Waals surface area contributed by atoms with E-state index < -0.39 is 5.97 Å². The first kappa shape index (κ1) is 22.7. The van der Waals surface area contributed by atoms with E-state index >= 15 is 0 Å². The van der Waals surface area contributed by atoms with E-state index in [4.69, 9.17) is 9.15 Å². The summed E-state index contributed by atoms with van der Waals surface area (Å²) in [7, 11) is 0. The molecule has 4 aromatic rings. The molecule has 1 fully saturated rings. The van der Waals surface area contributed by atoms with E-state index in [0.29, 0.717) is 34.2 Å². The first-order valence-corrected chi connectivity index (χ1v) is 11.9. The Bertz CT molecular complexity index is 1480. The standard InChI is InChI=1S/C28H21NO5S/c1-2-33-27(31)20-10-6-9-19(15-20)24-14-13-22(34-24)16-25-26(30)29(28(32)35-25)17-21-11-5-8-18-7-3-4-12-23(18)21/h3-16H,2,17H2,1H3/b25-16-. The number of rotatable bonds is 6. The number of benzene rings is 3. The molecule has 3 aromatic carbocycles. The molecule has 0 atom stereocenters. The molecule has 35 heavy (non-hydrogen) atoms. The zero-order valence-electron chi connectivity index (χ0n) is 18.9. The fraction of sp³-hybridized carbons (Fsp3) is 0.107. The third-order valence-electron chi connectivity index (χ3n) is 5.64. The van der Waals surface area contributed by atoms with Crippen molar-refractivity contribution in [2.75, 3.05) is 6.61 Å². The summed E-state index contributed by atoms with van der Waals surface area (Å²) < 4.78 is 11.0. The fourth-order valence-corrected chi connectivity index (χ4v) is 4.78. The number of amides is 2. The largest absolute Gasteiger partial charge is 0.462 e. The van der Waals surface area contributed by atoms with Crippen LogP contribution in [0.4, 0.5) is 4.79 Å². The van der Waals surface area contributed by atoms with Crippen LogP contribution in [0.1, 0.15) is 28.6 Å². The summed E-state index contributed by atoms with van der Waals surface area (Å²) in [6, 6.07) is 24.2. The summed E-state index contributed by atoms with van der Waals surface area (Å²) >= 11 is 0.896. The molecule has 1 aliphatic heterocycles. The first-order valence-electron chi connectivity index (χ1n) is 11.1. The van der Waals surface area contributed by atoms with E-state index in [0.717, 1.165) is 28.1 Å². The molecule has 7 heteroatoms. The van der Waals surface area contributed by atoms with Gasteiger partial charge in [0.05, 0.1) is 23.6 Å². The van der Waals surface area contributed by atoms with Crippen LogP contribution in [-0.4, -0.2) is 28.6 Å². The molecule has 2 heterocycles. The molecule has 0 saturated carbocycles. The number of carbonyl (C=O) groups is 3. The van der Waals surface area contributed by atoms with Crippen molar-refractivity contribution < 1.29 is 23.5 Å². The Labute approximate surface area is 206 Å². The van der Waals surface area contributed by atoms with Crippen LogP contribution in [-0.2, 0) is 16.1 Å². The van der Waals surface area contributed by atoms with Gasteiger partial charge in [0.1, 0.15) is 11.5 Å². The highest BCUT2D eigenvalue weighted by Gasteiger charge is 2.35. The van der Waals surface area contributed by atoms with Crippen molar-refractivity contribution in [1.82, 2.24) is 4.90 Å². The number of nitrogens with zero attached hydrogens (tertiary/aromatic N) is 1. The molecule has 1 saturated heterocycles. The summed E-state index contributed by atoms with van der Waals surface area (Å²) in [4.78, 5) is 39.3. The zero-order chi connectivity index (χ0) is 24.4. The van der Waals surface area contributed by atoms with Gasteiger partial charge in [0.15, 0.2) is 0 Å². The molecule has 0 N–H and O–H groups in total. The lowest BCUT2D eigenvalue weighted by Crippen LogP contribution is -2.27. The molecule has 174 valence electrons. The minimum absolute atomic E-state index is 0.202. The second-order valence-electron chi connectivity index (χ2n) is 7.91. The Balaban J connectivity index is 1.36. The Kier molecular flexibility index (Phi) is 6.25. The van der Waals surface area contributed by atoms with Crippen molar-refractivity contribution >= 4 is 45.7 Å². The first-order chi connectivity index (χ1) is 17.0. The SMILES string of the molecule is CCOC(=O)c1cccc(-c2ccc(/C=C3\SC(=O)N(Cc4cccc5ccccc45)C3=O)o2)c1. The third-order valence-corrected chi connectivity index (χ3v) is 6.55. The third kappa shape index (κ3) is 4.63. The summed E-state index contributed by atoms with van der Waals surface area (Å²) in [5, 5.41) is 1.75. The number of imide groups is 1. The van der Waals surface area contributed by atoms with Gasteiger partial charge in [-0.2, -0.15) is 0 Å². The Morgan fingerprint density at radius 1 is 1.00 bits per heavy atom. The Morgan fingerprint density at radius 3 is 2.66 bits per heavy atom. The Hall–Kier alpha value is -4.10. The number of fused-ring (bicyclic) bond motifs is 1. The molecule has 0 aliphatic carbocycles. The van der Waals surface area contributed by atoms with Crippen molar-refractivity contribution in [1.29, 1.82) is 0 Å². The summed E-state index contributed by atoms with van der Waals surface area (Å²) in [5.74, 6) is 0.228. The maximum atomic E-state index is 13.0. The molecule has 1 aliphatic rings. The average molecular weight is 484 g/mol. The molecule has 0 spiro atoms. The monoisotopic (exact) mass is 483 g/mol. The molecule has 0 radical (unpaired) electrons. The summed E-state index contributed by atoms with van der Waals surface area (Å²) in [5.41, 5.74) is 2.05. The number of hydrogen-bond acceptors (Lipinski definition) is 6. The molecular weight excluding hydrogens is 462 g/mol. The minimum atomic E-state index is -0.402. The van der Waals surface area contributed by atoms with Crippen LogP contribution < -0.4 is 0 Å². The van der Waals surface area contributed by atoms with E-state index in [-0.39, 0.29) is 17.7 Å². The molecule has 1 aromatic heterocycles. The second kappa shape index (κ2) is 9.64. The van der Waals surface area contributed by atoms with Gasteiger partial charge in [0.2, 0.25) is 0 Å². The van der Waals surface area contributed by atoms with Crippen molar-refractivity contribution in [2.45, 2.75) is 13.5 Å². The molecule has 0 unspecified atom stereocenters. The predicted octanol–water partition coefficient (Wildman–Crippen LogP) is 6.51. The van der Waals surface area contributed by atoms with Crippen molar-refractivity contribution in [3.8, 4) is 11.3 Å². The predicted molar refractivity (Wildman–Crippen MR) is 136 cm³/mol. The molecule has 2 amide bonds. The summed E-state index contributed by atoms with van der Waals surface area (Å²) in [6.45, 7) is 2.25. The van der Waals surface area contributed by atoms with Crippen LogP contribution in [0.2, 0.25) is 0 Å². The van der Waals surface area contributed by atoms with Gasteiger partial charge in [0, 0.05) is 11.6 Å². The van der Waals surface area contributed by atoms with E-state index in [1.807, 2.05) is 48.5 Å². The van der Waals surface area contributed by atoms with Crippen LogP contribution >= 0.6 is 11.8 Å². The Morgan fingerprint density at radius 2 is 1.80 bits per heavy atom. The summed E-state index contributed by atoms with van der Waals surface area (Å²) in [6.07, 6.45) is 1.58. The van der Waals surface area contributed by atoms with Gasteiger partial charge in [-0.3, -0.25) is 14.5 Å². The maximum Gasteiger partial charge on any atom is 0.338 e. The molecule has 5 rings (SSSR count). The van der Waals surface area contributed by atoms with Gasteiger partial charge in [-0.25, -0.2) is 4.79 Å². The topological polar surface area (TPSA) is 76.8 Å². The smallest absolute Gasteiger partial charge is 0.338 e. The zero-order valence-corrected chi connectivity index (χ0v) is 19.7. The van der Waals surface area contributed by atoms with E-state index in [1.165, 1.54) is 4.90 Å². The maximum absolute atomic E-state index is 13.0. The van der Waals surface area contributed by atoms with Gasteiger partial charge in [0.25, 0.3) is 11.1 Å². The highest BCUT2D eigenvalue weighted by Crippen LogP contribution is 2.35. The van der Waals surface area contributed by atoms with Crippen molar-refractivity contribution in [3.05, 3.63) is 101 Å². The number of esters is 1.